The van der Waals surface area contributed by atoms with Gasteiger partial charge in [0.1, 0.15) is 23.0 Å². The average molecular weight is 982 g/mol. The van der Waals surface area contributed by atoms with Gasteiger partial charge >= 0.3 is 0 Å². The van der Waals surface area contributed by atoms with Gasteiger partial charge in [0.05, 0.1) is 22.2 Å². The normalized spacial score (nSPS) is 13.9. The minimum Gasteiger partial charge on any atom is -0.457 e. The molecule has 360 valence electrons. The summed E-state index contributed by atoms with van der Waals surface area (Å²) in [4.78, 5) is 2.49. The summed E-state index contributed by atoms with van der Waals surface area (Å²) in [5.41, 5.74) is 23.4. The first-order chi connectivity index (χ1) is 38.2. The molecule has 0 unspecified atom stereocenters. The molecule has 0 fully saturated rings. The monoisotopic (exact) mass is 981 g/mol. The molecule has 3 heteroatoms. The summed E-state index contributed by atoms with van der Waals surface area (Å²) >= 11 is 0. The van der Waals surface area contributed by atoms with Gasteiger partial charge in [-0.3, -0.25) is 0 Å². The number of benzene rings is 12. The van der Waals surface area contributed by atoms with Crippen molar-refractivity contribution in [3.63, 3.8) is 0 Å². The maximum Gasteiger partial charge on any atom is 0.132 e. The number of hydrogen-bond acceptors (Lipinski definition) is 3. The van der Waals surface area contributed by atoms with Crippen LogP contribution in [-0.4, -0.2) is 0 Å². The molecule has 0 saturated heterocycles. The number of anilines is 3. The zero-order valence-electron chi connectivity index (χ0n) is 41.9. The zero-order chi connectivity index (χ0) is 50.7. The lowest BCUT2D eigenvalue weighted by Gasteiger charge is -2.39. The topological polar surface area (TPSA) is 21.7 Å². The van der Waals surface area contributed by atoms with Crippen molar-refractivity contribution >= 4 is 17.1 Å². The molecule has 3 nitrogen and oxygen atoms in total. The maximum absolute atomic E-state index is 6.74. The fourth-order valence-corrected chi connectivity index (χ4v) is 13.8. The second-order valence-electron chi connectivity index (χ2n) is 20.6. The van der Waals surface area contributed by atoms with Gasteiger partial charge in [0.25, 0.3) is 0 Å². The number of para-hydroxylation sites is 6. The predicted molar refractivity (Wildman–Crippen MR) is 312 cm³/mol. The van der Waals surface area contributed by atoms with Gasteiger partial charge in [0.2, 0.25) is 0 Å². The van der Waals surface area contributed by atoms with Gasteiger partial charge in [-0.2, -0.15) is 0 Å². The third kappa shape index (κ3) is 6.08. The number of fused-ring (bicyclic) bond motifs is 18. The fourth-order valence-electron chi connectivity index (χ4n) is 13.8. The second kappa shape index (κ2) is 16.8. The maximum atomic E-state index is 6.74. The molecule has 12 aromatic rings. The van der Waals surface area contributed by atoms with Gasteiger partial charge in [-0.1, -0.05) is 231 Å². The van der Waals surface area contributed by atoms with E-state index in [-0.39, 0.29) is 0 Å². The van der Waals surface area contributed by atoms with Gasteiger partial charge in [-0.25, -0.2) is 0 Å². The van der Waals surface area contributed by atoms with E-state index in [1.807, 2.05) is 0 Å². The van der Waals surface area contributed by atoms with Gasteiger partial charge in [0.15, 0.2) is 0 Å². The predicted octanol–water partition coefficient (Wildman–Crippen LogP) is 19.1. The highest BCUT2D eigenvalue weighted by Gasteiger charge is 2.53. The SMILES string of the molecule is c1ccc(-c2ccc(N(c3ccccc3-c3ccc4c(c3)C3(c5ccccc5Oc5ccccc53)c3ccccc3-4)c3ccccc3-c3cccc4c3-c3ccccc3C43c4ccccc4Oc4ccccc43)cc2)cc1. The van der Waals surface area contributed by atoms with E-state index in [4.69, 9.17) is 9.47 Å². The van der Waals surface area contributed by atoms with Crippen molar-refractivity contribution in [1.82, 2.24) is 0 Å². The minimum atomic E-state index is -0.602. The van der Waals surface area contributed by atoms with Crippen LogP contribution in [0.25, 0.3) is 55.6 Å². The van der Waals surface area contributed by atoms with Gasteiger partial charge < -0.3 is 14.4 Å². The van der Waals surface area contributed by atoms with Crippen LogP contribution in [0.4, 0.5) is 17.1 Å². The van der Waals surface area contributed by atoms with Crippen molar-refractivity contribution in [2.75, 3.05) is 4.90 Å². The van der Waals surface area contributed by atoms with Gasteiger partial charge in [-0.05, 0) is 121 Å². The van der Waals surface area contributed by atoms with Crippen molar-refractivity contribution in [2.45, 2.75) is 10.8 Å². The van der Waals surface area contributed by atoms with E-state index in [0.29, 0.717) is 0 Å². The lowest BCUT2D eigenvalue weighted by Crippen LogP contribution is -2.32. The van der Waals surface area contributed by atoms with Crippen LogP contribution in [0.15, 0.2) is 285 Å². The Morgan fingerprint density at radius 1 is 0.234 bits per heavy atom. The average Bonchev–Trinajstić information content (AvgIpc) is 4.13. The molecular formula is C74H47NO2. The molecule has 2 aliphatic heterocycles. The quantitative estimate of drug-likeness (QED) is 0.166. The van der Waals surface area contributed by atoms with Crippen LogP contribution in [0.1, 0.15) is 44.5 Å². The Morgan fingerprint density at radius 3 is 1.22 bits per heavy atom. The Balaban J connectivity index is 0.933. The van der Waals surface area contributed by atoms with E-state index in [1.165, 1.54) is 55.6 Å². The third-order valence-corrected chi connectivity index (χ3v) is 16.8. The van der Waals surface area contributed by atoms with Crippen LogP contribution in [0.3, 0.4) is 0 Å². The number of hydrogen-bond donors (Lipinski definition) is 0. The molecule has 2 spiro atoms. The van der Waals surface area contributed by atoms with Crippen LogP contribution >= 0.6 is 0 Å². The second-order valence-corrected chi connectivity index (χ2v) is 20.6. The molecule has 2 heterocycles. The largest absolute Gasteiger partial charge is 0.457 e. The van der Waals surface area contributed by atoms with Crippen molar-refractivity contribution in [2.24, 2.45) is 0 Å². The van der Waals surface area contributed by atoms with E-state index in [2.05, 4.69) is 290 Å². The molecule has 4 aliphatic rings. The molecule has 12 aromatic carbocycles. The summed E-state index contributed by atoms with van der Waals surface area (Å²) in [5, 5.41) is 0. The highest BCUT2D eigenvalue weighted by molar-refractivity contribution is 6.02. The summed E-state index contributed by atoms with van der Waals surface area (Å²) in [5.74, 6) is 3.53. The Hall–Kier alpha value is -9.96. The lowest BCUT2D eigenvalue weighted by atomic mass is 9.66. The lowest BCUT2D eigenvalue weighted by molar-refractivity contribution is 0.436. The molecule has 0 N–H and O–H groups in total. The minimum absolute atomic E-state index is 0.599. The molecule has 0 radical (unpaired) electrons. The van der Waals surface area contributed by atoms with Crippen molar-refractivity contribution in [3.05, 3.63) is 330 Å². The fraction of sp³-hybridized carbons (Fsp3) is 0.0270. The van der Waals surface area contributed by atoms with Crippen LogP contribution in [0.2, 0.25) is 0 Å². The molecule has 77 heavy (non-hydrogen) atoms. The smallest absolute Gasteiger partial charge is 0.132 e. The van der Waals surface area contributed by atoms with E-state index >= 15 is 0 Å². The first kappa shape index (κ1) is 43.4. The summed E-state index contributed by atoms with van der Waals surface area (Å²) < 4.78 is 13.5. The molecule has 16 rings (SSSR count). The number of rotatable bonds is 6. The highest BCUT2D eigenvalue weighted by atomic mass is 16.5. The van der Waals surface area contributed by atoms with Crippen LogP contribution in [-0.2, 0) is 10.8 Å². The summed E-state index contributed by atoms with van der Waals surface area (Å²) in [6.45, 7) is 0. The van der Waals surface area contributed by atoms with Crippen LogP contribution in [0.5, 0.6) is 23.0 Å². The summed E-state index contributed by atoms with van der Waals surface area (Å²) in [7, 11) is 0. The van der Waals surface area contributed by atoms with Crippen LogP contribution < -0.4 is 14.4 Å². The Labute approximate surface area is 448 Å². The Kier molecular flexibility index (Phi) is 9.47. The van der Waals surface area contributed by atoms with Crippen molar-refractivity contribution in [3.8, 4) is 78.6 Å². The molecule has 0 saturated carbocycles. The van der Waals surface area contributed by atoms with E-state index < -0.39 is 10.8 Å². The van der Waals surface area contributed by atoms with E-state index in [0.717, 1.165) is 84.6 Å². The molecule has 0 amide bonds. The summed E-state index contributed by atoms with van der Waals surface area (Å²) in [6, 6.07) is 104. The molecular weight excluding hydrogens is 935 g/mol. The molecule has 2 aliphatic carbocycles. The zero-order valence-corrected chi connectivity index (χ0v) is 41.9. The highest BCUT2D eigenvalue weighted by Crippen LogP contribution is 2.65. The van der Waals surface area contributed by atoms with Crippen molar-refractivity contribution < 1.29 is 9.47 Å². The van der Waals surface area contributed by atoms with Crippen LogP contribution in [0, 0.1) is 0 Å². The summed E-state index contributed by atoms with van der Waals surface area (Å²) in [6.07, 6.45) is 0. The molecule has 0 bridgehead atoms. The first-order valence-electron chi connectivity index (χ1n) is 26.6. The van der Waals surface area contributed by atoms with E-state index in [9.17, 15) is 0 Å². The van der Waals surface area contributed by atoms with Gasteiger partial charge in [0, 0.05) is 39.1 Å². The number of nitrogens with zero attached hydrogens (tertiary/aromatic N) is 1. The molecule has 0 atom stereocenters. The van der Waals surface area contributed by atoms with E-state index in [1.54, 1.807) is 0 Å². The number of ether oxygens (including phenoxy) is 2. The van der Waals surface area contributed by atoms with Crippen molar-refractivity contribution in [1.29, 1.82) is 0 Å². The van der Waals surface area contributed by atoms with Gasteiger partial charge in [-0.15, -0.1) is 0 Å². The standard InChI is InChI=1S/C74H47NO2/c1-2-21-48(22-3-1)49-41-44-51(45-42-49)75(66-35-14-6-23-52(66)50-43-46-54-53-24-4-8-28-58(53)74(65(54)47-50)62-32-12-18-39-70(62)77-71-40-19-13-33-63(71)74)67-36-15-7-25-55(67)56-27-20-34-64-72(56)57-26-5-9-29-59(57)73(64)60-30-10-16-37-68(60)76-69-38-17-11-31-61(69)73/h1-47H. The molecule has 0 aromatic heterocycles. The first-order valence-corrected chi connectivity index (χ1v) is 26.6. The third-order valence-electron chi connectivity index (χ3n) is 16.8. The Morgan fingerprint density at radius 2 is 0.623 bits per heavy atom. The Bertz CT molecular complexity index is 4270.